The van der Waals surface area contributed by atoms with E-state index in [2.05, 4.69) is 0 Å². The molecule has 9 heteroatoms. The van der Waals surface area contributed by atoms with Crippen molar-refractivity contribution in [2.24, 2.45) is 0 Å². The lowest BCUT2D eigenvalue weighted by molar-refractivity contribution is -0.205. The van der Waals surface area contributed by atoms with Crippen molar-refractivity contribution in [3.05, 3.63) is 120 Å². The van der Waals surface area contributed by atoms with Crippen LogP contribution in [-0.4, -0.2) is 59.5 Å². The van der Waals surface area contributed by atoms with E-state index in [9.17, 15) is 24.3 Å². The molecule has 1 aliphatic carbocycles. The highest BCUT2D eigenvalue weighted by molar-refractivity contribution is 5.90. The average molecular weight is 531 g/mol. The number of ether oxygens (including phenoxy) is 4. The molecule has 0 unspecified atom stereocenters. The van der Waals surface area contributed by atoms with Crippen molar-refractivity contribution in [3.8, 4) is 0 Å². The Balaban J connectivity index is 1.66. The summed E-state index contributed by atoms with van der Waals surface area (Å²) in [5.74, 6) is -3.10. The molecule has 3 aromatic rings. The zero-order valence-corrected chi connectivity index (χ0v) is 21.0. The molecule has 0 aliphatic heterocycles. The molecule has 0 bridgehead atoms. The van der Waals surface area contributed by atoms with Crippen LogP contribution in [0.5, 0.6) is 0 Å². The normalized spacial score (nSPS) is 21.8. The molecular weight excluding hydrogens is 504 g/mol. The van der Waals surface area contributed by atoms with Crippen molar-refractivity contribution in [2.45, 2.75) is 30.8 Å². The maximum absolute atomic E-state index is 12.9. The zero-order chi connectivity index (χ0) is 27.8. The molecule has 0 heterocycles. The Morgan fingerprint density at radius 2 is 1.13 bits per heavy atom. The van der Waals surface area contributed by atoms with E-state index in [0.29, 0.717) is 0 Å². The Bertz CT molecular complexity index is 1340. The standard InChI is InChI=1S/C30H26O9/c1-20(31)37-26-24(38-28(33)22-13-7-3-8-14-22)17-18-25(39-29(34)23-15-9-4-10-16-23)30(26,35)19-36-27(32)21-11-5-2-6-12-21/h2-18,24-26,35H,19H2,1H3/t24-,25+,26+,30-/m1/s1. The van der Waals surface area contributed by atoms with Gasteiger partial charge in [0.15, 0.2) is 23.9 Å². The molecule has 0 spiro atoms. The van der Waals surface area contributed by atoms with Gasteiger partial charge in [0.25, 0.3) is 0 Å². The lowest BCUT2D eigenvalue weighted by atomic mass is 9.82. The molecular formula is C30H26O9. The van der Waals surface area contributed by atoms with Crippen LogP contribution in [0.15, 0.2) is 103 Å². The fraction of sp³-hybridized carbons (Fsp3) is 0.200. The first-order valence-corrected chi connectivity index (χ1v) is 12.1. The van der Waals surface area contributed by atoms with Gasteiger partial charge in [0.05, 0.1) is 16.7 Å². The minimum Gasteiger partial charge on any atom is -0.459 e. The number of benzene rings is 3. The van der Waals surface area contributed by atoms with Gasteiger partial charge >= 0.3 is 23.9 Å². The quantitative estimate of drug-likeness (QED) is 0.264. The van der Waals surface area contributed by atoms with E-state index >= 15 is 0 Å². The maximum atomic E-state index is 12.9. The first-order valence-electron chi connectivity index (χ1n) is 12.1. The van der Waals surface area contributed by atoms with E-state index in [4.69, 9.17) is 18.9 Å². The number of carbonyl (C=O) groups excluding carboxylic acids is 4. The third kappa shape index (κ3) is 6.58. The van der Waals surface area contributed by atoms with Crippen LogP contribution in [0.4, 0.5) is 0 Å². The molecule has 9 nitrogen and oxygen atoms in total. The summed E-state index contributed by atoms with van der Waals surface area (Å²) in [5.41, 5.74) is -1.68. The zero-order valence-electron chi connectivity index (χ0n) is 21.0. The SMILES string of the molecule is CC(=O)O[C@H]1[C@H](OC(=O)c2ccccc2)C=C[C@H](OC(=O)c2ccccc2)[C@]1(O)COC(=O)c1ccccc1. The number of rotatable bonds is 8. The van der Waals surface area contributed by atoms with Gasteiger partial charge in [0.2, 0.25) is 0 Å². The van der Waals surface area contributed by atoms with Crippen LogP contribution in [0.1, 0.15) is 38.0 Å². The smallest absolute Gasteiger partial charge is 0.338 e. The summed E-state index contributed by atoms with van der Waals surface area (Å²) < 4.78 is 22.0. The molecule has 200 valence electrons. The molecule has 4 atom stereocenters. The second-order valence-electron chi connectivity index (χ2n) is 8.78. The van der Waals surface area contributed by atoms with Crippen LogP contribution in [-0.2, 0) is 23.7 Å². The van der Waals surface area contributed by atoms with E-state index in [-0.39, 0.29) is 16.7 Å². The number of aliphatic hydroxyl groups is 1. The predicted octanol–water partition coefficient (Wildman–Crippen LogP) is 3.53. The summed E-state index contributed by atoms with van der Waals surface area (Å²) in [4.78, 5) is 50.5. The summed E-state index contributed by atoms with van der Waals surface area (Å²) in [6.45, 7) is 0.352. The lowest BCUT2D eigenvalue weighted by Crippen LogP contribution is -2.64. The van der Waals surface area contributed by atoms with Crippen molar-refractivity contribution in [2.75, 3.05) is 6.61 Å². The second-order valence-corrected chi connectivity index (χ2v) is 8.78. The van der Waals surface area contributed by atoms with Crippen molar-refractivity contribution in [1.82, 2.24) is 0 Å². The Morgan fingerprint density at radius 3 is 1.62 bits per heavy atom. The van der Waals surface area contributed by atoms with E-state index in [0.717, 1.165) is 6.92 Å². The highest BCUT2D eigenvalue weighted by Crippen LogP contribution is 2.33. The summed E-state index contributed by atoms with van der Waals surface area (Å²) in [6.07, 6.45) is -1.67. The minimum absolute atomic E-state index is 0.205. The summed E-state index contributed by atoms with van der Waals surface area (Å²) in [7, 11) is 0. The van der Waals surface area contributed by atoms with Crippen LogP contribution >= 0.6 is 0 Å². The molecule has 4 rings (SSSR count). The van der Waals surface area contributed by atoms with Gasteiger partial charge in [-0.05, 0) is 48.6 Å². The largest absolute Gasteiger partial charge is 0.459 e. The molecule has 0 aromatic heterocycles. The average Bonchev–Trinajstić information content (AvgIpc) is 2.96. The third-order valence-electron chi connectivity index (χ3n) is 5.99. The molecule has 1 N–H and O–H groups in total. The van der Waals surface area contributed by atoms with Crippen molar-refractivity contribution in [1.29, 1.82) is 0 Å². The summed E-state index contributed by atoms with van der Waals surface area (Å²) >= 11 is 0. The van der Waals surface area contributed by atoms with Crippen molar-refractivity contribution in [3.63, 3.8) is 0 Å². The number of hydrogen-bond donors (Lipinski definition) is 1. The van der Waals surface area contributed by atoms with E-state index in [1.807, 2.05) is 0 Å². The highest BCUT2D eigenvalue weighted by Gasteiger charge is 2.55. The van der Waals surface area contributed by atoms with Crippen molar-refractivity contribution < 1.29 is 43.2 Å². The Hall–Kier alpha value is -4.76. The maximum Gasteiger partial charge on any atom is 0.338 e. The molecule has 0 amide bonds. The Labute approximate surface area is 224 Å². The molecule has 39 heavy (non-hydrogen) atoms. The third-order valence-corrected chi connectivity index (χ3v) is 5.99. The predicted molar refractivity (Wildman–Crippen MR) is 138 cm³/mol. The van der Waals surface area contributed by atoms with Gasteiger partial charge in [0.1, 0.15) is 6.61 Å². The summed E-state index contributed by atoms with van der Waals surface area (Å²) in [6, 6.07) is 24.2. The summed E-state index contributed by atoms with van der Waals surface area (Å²) in [5, 5.41) is 11.9. The molecule has 0 fully saturated rings. The fourth-order valence-corrected chi connectivity index (χ4v) is 4.04. The number of esters is 4. The van der Waals surface area contributed by atoms with E-state index < -0.39 is 54.4 Å². The lowest BCUT2D eigenvalue weighted by Gasteiger charge is -2.43. The van der Waals surface area contributed by atoms with Crippen LogP contribution in [0.3, 0.4) is 0 Å². The topological polar surface area (TPSA) is 125 Å². The van der Waals surface area contributed by atoms with Crippen LogP contribution in [0.2, 0.25) is 0 Å². The van der Waals surface area contributed by atoms with Gasteiger partial charge < -0.3 is 24.1 Å². The fourth-order valence-electron chi connectivity index (χ4n) is 4.04. The van der Waals surface area contributed by atoms with Crippen molar-refractivity contribution >= 4 is 23.9 Å². The first-order chi connectivity index (χ1) is 18.8. The Morgan fingerprint density at radius 1 is 0.667 bits per heavy atom. The van der Waals surface area contributed by atoms with Gasteiger partial charge in [-0.2, -0.15) is 0 Å². The van der Waals surface area contributed by atoms with Crippen LogP contribution < -0.4 is 0 Å². The highest BCUT2D eigenvalue weighted by atomic mass is 16.6. The molecule has 3 aromatic carbocycles. The van der Waals surface area contributed by atoms with Gasteiger partial charge in [-0.15, -0.1) is 0 Å². The molecule has 0 saturated heterocycles. The van der Waals surface area contributed by atoms with Crippen LogP contribution in [0, 0.1) is 0 Å². The van der Waals surface area contributed by atoms with Crippen LogP contribution in [0.25, 0.3) is 0 Å². The van der Waals surface area contributed by atoms with E-state index in [1.165, 1.54) is 48.6 Å². The molecule has 0 radical (unpaired) electrons. The van der Waals surface area contributed by atoms with Gasteiger partial charge in [-0.3, -0.25) is 4.79 Å². The molecule has 1 aliphatic rings. The molecule has 0 saturated carbocycles. The van der Waals surface area contributed by atoms with Gasteiger partial charge in [-0.1, -0.05) is 54.6 Å². The van der Waals surface area contributed by atoms with E-state index in [1.54, 1.807) is 54.6 Å². The number of carbonyl (C=O) groups is 4. The monoisotopic (exact) mass is 530 g/mol. The van der Waals surface area contributed by atoms with Gasteiger partial charge in [-0.25, -0.2) is 14.4 Å². The van der Waals surface area contributed by atoms with Gasteiger partial charge in [0, 0.05) is 6.92 Å². The Kier molecular flexibility index (Phi) is 8.53. The first kappa shape index (κ1) is 27.3. The second kappa shape index (κ2) is 12.2. The number of hydrogen-bond acceptors (Lipinski definition) is 9. The minimum atomic E-state index is -2.32.